The van der Waals surface area contributed by atoms with Gasteiger partial charge >= 0.3 is 0 Å². The summed E-state index contributed by atoms with van der Waals surface area (Å²) in [6, 6.07) is 117. The molecule has 2 aliphatic heterocycles. The van der Waals surface area contributed by atoms with E-state index in [2.05, 4.69) is 330 Å². The van der Waals surface area contributed by atoms with E-state index in [0.717, 1.165) is 45.4 Å². The minimum Gasteiger partial charge on any atom is -0.311 e. The summed E-state index contributed by atoms with van der Waals surface area (Å²) in [5, 5.41) is 5.38. The maximum atomic E-state index is 2.63. The fraction of sp³-hybridized carbons (Fsp3) is 0. The molecule has 0 N–H and O–H groups in total. The topological polar surface area (TPSA) is 9.72 Å². The minimum atomic E-state index is -2.99. The zero-order chi connectivity index (χ0) is 51.1. The molecule has 0 saturated carbocycles. The molecular weight excluding hydrogens is 946 g/mol. The van der Waals surface area contributed by atoms with E-state index in [9.17, 15) is 0 Å². The van der Waals surface area contributed by atoms with E-state index in [-0.39, 0.29) is 6.71 Å². The molecule has 0 unspecified atom stereocenters. The highest BCUT2D eigenvalue weighted by molar-refractivity contribution is 7.20. The number of hydrogen-bond donors (Lipinski definition) is 0. The third-order valence-electron chi connectivity index (χ3n) is 15.8. The lowest BCUT2D eigenvalue weighted by molar-refractivity contribution is 1.24. The fourth-order valence-corrected chi connectivity index (χ4v) is 17.3. The highest BCUT2D eigenvalue weighted by Crippen LogP contribution is 2.49. The first-order valence-corrected chi connectivity index (χ1v) is 28.6. The molecule has 77 heavy (non-hydrogen) atoms. The summed E-state index contributed by atoms with van der Waals surface area (Å²) in [5.41, 5.74) is 18.6. The first-order chi connectivity index (χ1) is 38.3. The van der Waals surface area contributed by atoms with Gasteiger partial charge in [-0.25, -0.2) is 0 Å². The lowest BCUT2D eigenvalue weighted by Crippen LogP contribution is -2.75. The van der Waals surface area contributed by atoms with Crippen molar-refractivity contribution in [2.45, 2.75) is 0 Å². The summed E-state index contributed by atoms with van der Waals surface area (Å²) in [7, 11) is -2.99. The zero-order valence-electron chi connectivity index (χ0n) is 42.4. The molecule has 12 aromatic carbocycles. The molecule has 2 heterocycles. The summed E-state index contributed by atoms with van der Waals surface area (Å²) in [4.78, 5) is 7.53. The summed E-state index contributed by atoms with van der Waals surface area (Å²) < 4.78 is 0. The smallest absolute Gasteiger partial charge is 0.252 e. The molecule has 0 aliphatic carbocycles. The van der Waals surface area contributed by atoms with Gasteiger partial charge in [0.2, 0.25) is 0 Å². The van der Waals surface area contributed by atoms with Crippen LogP contribution in [0.5, 0.6) is 0 Å². The van der Waals surface area contributed by atoms with E-state index in [1.165, 1.54) is 65.2 Å². The van der Waals surface area contributed by atoms with Crippen molar-refractivity contribution in [2.75, 3.05) is 14.7 Å². The van der Waals surface area contributed by atoms with Gasteiger partial charge in [0.05, 0.1) is 11.4 Å². The van der Waals surface area contributed by atoms with Gasteiger partial charge in [-0.1, -0.05) is 249 Å². The quantitative estimate of drug-likeness (QED) is 0.0944. The number of nitrogens with zero attached hydrogens (tertiary/aromatic N) is 3. The molecule has 14 rings (SSSR count). The second-order valence-electron chi connectivity index (χ2n) is 20.0. The van der Waals surface area contributed by atoms with Crippen molar-refractivity contribution >= 4 is 103 Å². The first kappa shape index (κ1) is 45.9. The number of benzene rings is 12. The van der Waals surface area contributed by atoms with Crippen LogP contribution in [-0.2, 0) is 0 Å². The van der Waals surface area contributed by atoms with E-state index >= 15 is 0 Å². The lowest BCUT2D eigenvalue weighted by Gasteiger charge is -2.45. The van der Waals surface area contributed by atoms with E-state index in [1.807, 2.05) is 0 Å². The Morgan fingerprint density at radius 2 is 0.662 bits per heavy atom. The number of para-hydroxylation sites is 4. The summed E-state index contributed by atoms with van der Waals surface area (Å²) in [5.74, 6) is 0. The van der Waals surface area contributed by atoms with Crippen molar-refractivity contribution in [3.8, 4) is 22.3 Å². The van der Waals surface area contributed by atoms with Gasteiger partial charge in [-0.3, -0.25) is 0 Å². The number of rotatable bonds is 11. The molecule has 362 valence electrons. The molecule has 5 heteroatoms. The van der Waals surface area contributed by atoms with Gasteiger partial charge < -0.3 is 14.7 Å². The average molecular weight is 998 g/mol. The molecule has 0 atom stereocenters. The van der Waals surface area contributed by atoms with E-state index in [4.69, 9.17) is 0 Å². The predicted octanol–water partition coefficient (Wildman–Crippen LogP) is 14.0. The Kier molecular flexibility index (Phi) is 11.7. The van der Waals surface area contributed by atoms with Crippen LogP contribution >= 0.6 is 0 Å². The largest absolute Gasteiger partial charge is 0.311 e. The molecule has 0 saturated heterocycles. The summed E-state index contributed by atoms with van der Waals surface area (Å²) in [6.45, 7) is -0.142. The monoisotopic (exact) mass is 997 g/mol. The normalized spacial score (nSPS) is 12.3. The van der Waals surface area contributed by atoms with E-state index in [1.54, 1.807) is 0 Å². The van der Waals surface area contributed by atoms with Crippen LogP contribution in [0.4, 0.5) is 51.2 Å². The SMILES string of the molecule is c1ccc(-c2ccccc2N2c3ccc([Si](c4ccccc4)(c4ccccc4)c4ccccc4)cc3B3c4ccc(N(c5ccccc5)c5ccccc5)cc4N(c4ccccc4-c4ccccc4)c4cccc2c43)cc1. The zero-order valence-corrected chi connectivity index (χ0v) is 43.4. The maximum absolute atomic E-state index is 2.99. The number of fused-ring (bicyclic) bond motifs is 4. The van der Waals surface area contributed by atoms with Crippen LogP contribution in [0.1, 0.15) is 0 Å². The second kappa shape index (κ2) is 19.5. The fourth-order valence-electron chi connectivity index (χ4n) is 12.5. The van der Waals surface area contributed by atoms with Crippen LogP contribution < -0.4 is 51.8 Å². The Balaban J connectivity index is 1.10. The third-order valence-corrected chi connectivity index (χ3v) is 20.6. The predicted molar refractivity (Wildman–Crippen MR) is 330 cm³/mol. The third kappa shape index (κ3) is 7.74. The molecule has 3 nitrogen and oxygen atoms in total. The Morgan fingerprint density at radius 1 is 0.260 bits per heavy atom. The van der Waals surface area contributed by atoms with E-state index in [0.29, 0.717) is 0 Å². The minimum absolute atomic E-state index is 0.142. The van der Waals surface area contributed by atoms with Gasteiger partial charge in [-0.2, -0.15) is 0 Å². The lowest BCUT2D eigenvalue weighted by atomic mass is 9.33. The number of anilines is 9. The molecule has 2 aliphatic rings. The first-order valence-electron chi connectivity index (χ1n) is 26.6. The molecule has 0 spiro atoms. The van der Waals surface area contributed by atoms with Crippen molar-refractivity contribution < 1.29 is 0 Å². The Hall–Kier alpha value is -9.68. The van der Waals surface area contributed by atoms with Gasteiger partial charge in [0.1, 0.15) is 0 Å². The van der Waals surface area contributed by atoms with Crippen molar-refractivity contribution in [2.24, 2.45) is 0 Å². The molecule has 0 amide bonds. The van der Waals surface area contributed by atoms with Gasteiger partial charge in [0.15, 0.2) is 8.07 Å². The van der Waals surface area contributed by atoms with Crippen LogP contribution in [0.25, 0.3) is 22.3 Å². The highest BCUT2D eigenvalue weighted by atomic mass is 28.3. The average Bonchev–Trinajstić information content (AvgIpc) is 3.62. The Labute approximate surface area is 453 Å². The molecular formula is C72H52BN3Si. The standard InChI is InChI=1S/C72H52BN3Si/c1-8-27-53(28-9-1)62-41-22-24-43-66(62)75-68-50-48-61(77(58-35-16-5-17-36-58,59-37-18-6-19-38-59)60-39-20-7-21-40-60)52-65(68)73-64-49-47-57(74(55-31-12-3-13-32-55)56-33-14-4-15-34-56)51-71(64)76(70-46-26-45-69(75)72(70)73)67-44-25-23-42-63(67)54-29-10-2-11-30-54/h1-52H. The number of hydrogen-bond acceptors (Lipinski definition) is 3. The summed E-state index contributed by atoms with van der Waals surface area (Å²) >= 11 is 0. The Morgan fingerprint density at radius 3 is 1.14 bits per heavy atom. The van der Waals surface area contributed by atoms with Crippen LogP contribution in [0, 0.1) is 0 Å². The van der Waals surface area contributed by atoms with Crippen LogP contribution in [0.3, 0.4) is 0 Å². The highest BCUT2D eigenvalue weighted by Gasteiger charge is 2.47. The van der Waals surface area contributed by atoms with Crippen LogP contribution in [0.2, 0.25) is 0 Å². The van der Waals surface area contributed by atoms with Crippen molar-refractivity contribution in [3.05, 3.63) is 315 Å². The maximum Gasteiger partial charge on any atom is 0.252 e. The molecule has 12 aromatic rings. The van der Waals surface area contributed by atoms with Gasteiger partial charge in [0.25, 0.3) is 6.71 Å². The van der Waals surface area contributed by atoms with Crippen LogP contribution in [0.15, 0.2) is 315 Å². The van der Waals surface area contributed by atoms with Gasteiger partial charge in [-0.15, -0.1) is 0 Å². The van der Waals surface area contributed by atoms with Crippen molar-refractivity contribution in [3.63, 3.8) is 0 Å². The molecule has 0 bridgehead atoms. The molecule has 0 fully saturated rings. The van der Waals surface area contributed by atoms with Gasteiger partial charge in [0, 0.05) is 50.9 Å². The summed E-state index contributed by atoms with van der Waals surface area (Å²) in [6.07, 6.45) is 0. The van der Waals surface area contributed by atoms with Gasteiger partial charge in [-0.05, 0) is 115 Å². The van der Waals surface area contributed by atoms with Crippen LogP contribution in [-0.4, -0.2) is 14.8 Å². The molecule has 0 aromatic heterocycles. The Bertz CT molecular complexity index is 3910. The van der Waals surface area contributed by atoms with Crippen molar-refractivity contribution in [1.29, 1.82) is 0 Å². The van der Waals surface area contributed by atoms with Crippen molar-refractivity contribution in [1.82, 2.24) is 0 Å². The molecule has 0 radical (unpaired) electrons. The van der Waals surface area contributed by atoms with E-state index < -0.39 is 8.07 Å². The second-order valence-corrected chi connectivity index (χ2v) is 23.8.